The second-order valence-electron chi connectivity index (χ2n) is 5.21. The highest BCUT2D eigenvalue weighted by molar-refractivity contribution is 6.36. The molecule has 2 aromatic rings. The first-order valence-corrected chi connectivity index (χ1v) is 8.45. The van der Waals surface area contributed by atoms with E-state index in [4.69, 9.17) is 27.9 Å². The Bertz CT molecular complexity index is 825. The van der Waals surface area contributed by atoms with Crippen LogP contribution in [0.2, 0.25) is 10.0 Å². The Balaban J connectivity index is 1.79. The summed E-state index contributed by atoms with van der Waals surface area (Å²) in [4.78, 5) is 23.7. The van der Waals surface area contributed by atoms with Crippen LogP contribution in [-0.4, -0.2) is 25.1 Å². The molecule has 0 spiro atoms. The standard InChI is InChI=1S/C18H17Cl2N3O3/c1-26-16-5-3-2-4-15(16)22-17(24)8-9-18(25)23-21-11-12-6-7-13(19)10-14(12)20/h2-7,10-11H,8-9H2,1H3,(H,22,24)(H,23,25). The van der Waals surface area contributed by atoms with E-state index >= 15 is 0 Å². The number of amides is 2. The minimum atomic E-state index is -0.387. The van der Waals surface area contributed by atoms with Crippen LogP contribution in [0.25, 0.3) is 0 Å². The number of hydrazone groups is 1. The van der Waals surface area contributed by atoms with Gasteiger partial charge in [0.15, 0.2) is 0 Å². The molecule has 8 heteroatoms. The molecule has 136 valence electrons. The minimum absolute atomic E-state index is 0.00727. The van der Waals surface area contributed by atoms with E-state index in [1.54, 1.807) is 42.5 Å². The Morgan fingerprint density at radius 3 is 2.58 bits per heavy atom. The van der Waals surface area contributed by atoms with E-state index in [1.165, 1.54) is 13.3 Å². The lowest BCUT2D eigenvalue weighted by atomic mass is 10.2. The number of hydrogen-bond donors (Lipinski definition) is 2. The third kappa shape index (κ3) is 6.06. The number of anilines is 1. The van der Waals surface area contributed by atoms with Gasteiger partial charge in [0.1, 0.15) is 5.75 Å². The highest BCUT2D eigenvalue weighted by Crippen LogP contribution is 2.23. The summed E-state index contributed by atoms with van der Waals surface area (Å²) in [6.07, 6.45) is 1.42. The zero-order valence-electron chi connectivity index (χ0n) is 14.0. The fraction of sp³-hybridized carbons (Fsp3) is 0.167. The maximum absolute atomic E-state index is 11.9. The SMILES string of the molecule is COc1ccccc1NC(=O)CCC(=O)NN=Cc1ccc(Cl)cc1Cl. The van der Waals surface area contributed by atoms with Crippen molar-refractivity contribution in [3.8, 4) is 5.75 Å². The molecule has 2 amide bonds. The maximum Gasteiger partial charge on any atom is 0.240 e. The summed E-state index contributed by atoms with van der Waals surface area (Å²) < 4.78 is 5.15. The maximum atomic E-state index is 11.9. The van der Waals surface area contributed by atoms with E-state index in [0.29, 0.717) is 27.0 Å². The number of para-hydroxylation sites is 2. The minimum Gasteiger partial charge on any atom is -0.495 e. The number of hydrogen-bond acceptors (Lipinski definition) is 4. The van der Waals surface area contributed by atoms with E-state index in [2.05, 4.69) is 15.8 Å². The molecular formula is C18H17Cl2N3O3. The first-order valence-electron chi connectivity index (χ1n) is 7.69. The van der Waals surface area contributed by atoms with Gasteiger partial charge in [0.05, 0.1) is 24.0 Å². The molecule has 0 heterocycles. The second kappa shape index (κ2) is 9.79. The van der Waals surface area contributed by atoms with Crippen LogP contribution >= 0.6 is 23.2 Å². The molecule has 0 fully saturated rings. The summed E-state index contributed by atoms with van der Waals surface area (Å²) >= 11 is 11.8. The number of methoxy groups -OCH3 is 1. The first-order chi connectivity index (χ1) is 12.5. The van der Waals surface area contributed by atoms with Crippen LogP contribution in [0.5, 0.6) is 5.75 Å². The zero-order valence-corrected chi connectivity index (χ0v) is 15.5. The van der Waals surface area contributed by atoms with Crippen molar-refractivity contribution in [2.24, 2.45) is 5.10 Å². The molecule has 0 saturated heterocycles. The predicted molar refractivity (Wildman–Crippen MR) is 103 cm³/mol. The quantitative estimate of drug-likeness (QED) is 0.553. The van der Waals surface area contributed by atoms with Gasteiger partial charge < -0.3 is 10.1 Å². The third-order valence-corrected chi connectivity index (χ3v) is 3.88. The van der Waals surface area contributed by atoms with Crippen molar-refractivity contribution in [1.29, 1.82) is 0 Å². The van der Waals surface area contributed by atoms with Crippen molar-refractivity contribution >= 4 is 46.9 Å². The lowest BCUT2D eigenvalue weighted by Crippen LogP contribution is -2.20. The highest BCUT2D eigenvalue weighted by Gasteiger charge is 2.09. The van der Waals surface area contributed by atoms with Crippen LogP contribution in [0, 0.1) is 0 Å². The van der Waals surface area contributed by atoms with Gasteiger partial charge in [-0.2, -0.15) is 5.10 Å². The average molecular weight is 394 g/mol. The third-order valence-electron chi connectivity index (χ3n) is 3.32. The molecule has 0 aromatic heterocycles. The van der Waals surface area contributed by atoms with Crippen LogP contribution in [-0.2, 0) is 9.59 Å². The van der Waals surface area contributed by atoms with E-state index in [-0.39, 0.29) is 24.7 Å². The highest BCUT2D eigenvalue weighted by atomic mass is 35.5. The summed E-state index contributed by atoms with van der Waals surface area (Å²) in [7, 11) is 1.52. The topological polar surface area (TPSA) is 79.8 Å². The lowest BCUT2D eigenvalue weighted by molar-refractivity contribution is -0.124. The van der Waals surface area contributed by atoms with Crippen molar-refractivity contribution < 1.29 is 14.3 Å². The van der Waals surface area contributed by atoms with Crippen LogP contribution in [0.4, 0.5) is 5.69 Å². The Morgan fingerprint density at radius 2 is 1.85 bits per heavy atom. The molecule has 26 heavy (non-hydrogen) atoms. The molecule has 0 atom stereocenters. The van der Waals surface area contributed by atoms with E-state index < -0.39 is 0 Å². The molecule has 0 aliphatic heterocycles. The zero-order chi connectivity index (χ0) is 18.9. The summed E-state index contributed by atoms with van der Waals surface area (Å²) in [5, 5.41) is 7.45. The van der Waals surface area contributed by atoms with Gasteiger partial charge in [-0.15, -0.1) is 0 Å². The normalized spacial score (nSPS) is 10.6. The number of ether oxygens (including phenoxy) is 1. The molecule has 2 N–H and O–H groups in total. The van der Waals surface area contributed by atoms with Gasteiger partial charge in [0.25, 0.3) is 0 Å². The Kier molecular flexibility index (Phi) is 7.44. The fourth-order valence-corrected chi connectivity index (χ4v) is 2.48. The molecule has 0 saturated carbocycles. The summed E-state index contributed by atoms with van der Waals surface area (Å²) in [5.41, 5.74) is 3.52. The monoisotopic (exact) mass is 393 g/mol. The molecule has 6 nitrogen and oxygen atoms in total. The molecule has 0 aliphatic rings. The molecular weight excluding hydrogens is 377 g/mol. The molecule has 2 rings (SSSR count). The van der Waals surface area contributed by atoms with Crippen LogP contribution in [0.3, 0.4) is 0 Å². The van der Waals surface area contributed by atoms with Crippen LogP contribution in [0.15, 0.2) is 47.6 Å². The lowest BCUT2D eigenvalue weighted by Gasteiger charge is -2.09. The van der Waals surface area contributed by atoms with Crippen LogP contribution < -0.4 is 15.5 Å². The number of benzene rings is 2. The largest absolute Gasteiger partial charge is 0.495 e. The molecule has 0 bridgehead atoms. The van der Waals surface area contributed by atoms with Gasteiger partial charge in [0.2, 0.25) is 11.8 Å². The summed E-state index contributed by atoms with van der Waals surface area (Å²) in [6, 6.07) is 12.0. The Hall–Kier alpha value is -2.57. The van der Waals surface area contributed by atoms with Crippen molar-refractivity contribution in [2.75, 3.05) is 12.4 Å². The number of nitrogens with one attached hydrogen (secondary N) is 2. The van der Waals surface area contributed by atoms with Gasteiger partial charge in [-0.25, -0.2) is 5.43 Å². The van der Waals surface area contributed by atoms with Gasteiger partial charge in [-0.05, 0) is 24.3 Å². The summed E-state index contributed by atoms with van der Waals surface area (Å²) in [5.74, 6) is -0.134. The van der Waals surface area contributed by atoms with E-state index in [1.807, 2.05) is 0 Å². The Morgan fingerprint density at radius 1 is 1.12 bits per heavy atom. The molecule has 0 aliphatic carbocycles. The van der Waals surface area contributed by atoms with Crippen molar-refractivity contribution in [1.82, 2.24) is 5.43 Å². The second-order valence-corrected chi connectivity index (χ2v) is 6.05. The van der Waals surface area contributed by atoms with Gasteiger partial charge >= 0.3 is 0 Å². The number of carbonyl (C=O) groups excluding carboxylic acids is 2. The van der Waals surface area contributed by atoms with E-state index in [0.717, 1.165) is 0 Å². The number of nitrogens with zero attached hydrogens (tertiary/aromatic N) is 1. The van der Waals surface area contributed by atoms with Gasteiger partial charge in [0, 0.05) is 23.4 Å². The average Bonchev–Trinajstić information content (AvgIpc) is 2.62. The molecule has 2 aromatic carbocycles. The first kappa shape index (κ1) is 19.8. The van der Waals surface area contributed by atoms with Crippen molar-refractivity contribution in [3.63, 3.8) is 0 Å². The molecule has 0 radical (unpaired) electrons. The summed E-state index contributed by atoms with van der Waals surface area (Å²) in [6.45, 7) is 0. The fourth-order valence-electron chi connectivity index (χ4n) is 2.02. The van der Waals surface area contributed by atoms with Crippen LogP contribution in [0.1, 0.15) is 18.4 Å². The predicted octanol–water partition coefficient (Wildman–Crippen LogP) is 3.87. The van der Waals surface area contributed by atoms with Crippen molar-refractivity contribution in [3.05, 3.63) is 58.1 Å². The smallest absolute Gasteiger partial charge is 0.240 e. The van der Waals surface area contributed by atoms with Gasteiger partial charge in [-0.3, -0.25) is 9.59 Å². The Labute approximate surface area is 161 Å². The number of halogens is 2. The number of carbonyl (C=O) groups is 2. The van der Waals surface area contributed by atoms with E-state index in [9.17, 15) is 9.59 Å². The molecule has 0 unspecified atom stereocenters. The van der Waals surface area contributed by atoms with Gasteiger partial charge in [-0.1, -0.05) is 41.4 Å². The van der Waals surface area contributed by atoms with Crippen molar-refractivity contribution in [2.45, 2.75) is 12.8 Å². The number of rotatable bonds is 7.